The minimum absolute atomic E-state index is 0. The number of guanidine groups is 1. The van der Waals surface area contributed by atoms with Crippen LogP contribution in [0.15, 0.2) is 46.0 Å². The largest absolute Gasteiger partial charge is 0.497 e. The average molecular weight is 503 g/mol. The van der Waals surface area contributed by atoms with Crippen molar-refractivity contribution in [1.29, 1.82) is 0 Å². The van der Waals surface area contributed by atoms with Gasteiger partial charge >= 0.3 is 0 Å². The Balaban J connectivity index is 0.00000392. The molecule has 1 aromatic carbocycles. The molecule has 0 aliphatic heterocycles. The quantitative estimate of drug-likeness (QED) is 0.233. The molecule has 0 spiro atoms. The van der Waals surface area contributed by atoms with Gasteiger partial charge in [0, 0.05) is 45.3 Å². The molecule has 0 saturated heterocycles. The Hall–Kier alpha value is -1.94. The van der Waals surface area contributed by atoms with E-state index in [1.54, 1.807) is 27.6 Å². The first-order valence-corrected chi connectivity index (χ1v) is 8.89. The van der Waals surface area contributed by atoms with Gasteiger partial charge in [-0.3, -0.25) is 4.99 Å². The van der Waals surface area contributed by atoms with Crippen molar-refractivity contribution in [3.8, 4) is 11.5 Å². The molecule has 0 amide bonds. The summed E-state index contributed by atoms with van der Waals surface area (Å²) < 4.78 is 21.3. The molecule has 156 valence electrons. The average Bonchev–Trinajstić information content (AvgIpc) is 3.20. The topological polar surface area (TPSA) is 68.5 Å². The molecule has 0 aliphatic carbocycles. The van der Waals surface area contributed by atoms with Gasteiger partial charge in [0.15, 0.2) is 5.96 Å². The molecule has 2 aromatic rings. The second-order valence-electron chi connectivity index (χ2n) is 5.99. The number of furan rings is 1. The Morgan fingerprint density at radius 3 is 2.64 bits per heavy atom. The van der Waals surface area contributed by atoms with Gasteiger partial charge in [0.2, 0.25) is 0 Å². The van der Waals surface area contributed by atoms with Crippen molar-refractivity contribution in [2.45, 2.75) is 13.0 Å². The Bertz CT molecular complexity index is 707. The van der Waals surface area contributed by atoms with Gasteiger partial charge in [0.05, 0.1) is 33.6 Å². The van der Waals surface area contributed by atoms with Crippen LogP contribution < -0.4 is 14.8 Å². The maximum atomic E-state index is 5.50. The highest BCUT2D eigenvalue weighted by Gasteiger charge is 2.12. The normalized spacial score (nSPS) is 10.9. The summed E-state index contributed by atoms with van der Waals surface area (Å²) in [7, 11) is 6.97. The van der Waals surface area contributed by atoms with Crippen LogP contribution in [0.1, 0.15) is 11.3 Å². The summed E-state index contributed by atoms with van der Waals surface area (Å²) in [5.74, 6) is 3.30. The van der Waals surface area contributed by atoms with Gasteiger partial charge in [-0.1, -0.05) is 0 Å². The van der Waals surface area contributed by atoms with Crippen molar-refractivity contribution >= 4 is 29.9 Å². The number of rotatable bonds is 10. The fourth-order valence-electron chi connectivity index (χ4n) is 2.62. The summed E-state index contributed by atoms with van der Waals surface area (Å²) in [4.78, 5) is 6.69. The summed E-state index contributed by atoms with van der Waals surface area (Å²) in [5, 5.41) is 3.39. The first-order chi connectivity index (χ1) is 13.2. The molecule has 0 bridgehead atoms. The van der Waals surface area contributed by atoms with Gasteiger partial charge in [-0.25, -0.2) is 0 Å². The number of nitrogens with zero attached hydrogens (tertiary/aromatic N) is 2. The van der Waals surface area contributed by atoms with Gasteiger partial charge < -0.3 is 28.8 Å². The van der Waals surface area contributed by atoms with Crippen LogP contribution in [0.5, 0.6) is 11.5 Å². The summed E-state index contributed by atoms with van der Waals surface area (Å²) in [6, 6.07) is 9.68. The summed E-state index contributed by atoms with van der Waals surface area (Å²) >= 11 is 0. The number of methoxy groups -OCH3 is 3. The smallest absolute Gasteiger partial charge is 0.194 e. The van der Waals surface area contributed by atoms with Crippen LogP contribution in [0.2, 0.25) is 0 Å². The molecule has 1 N–H and O–H groups in total. The molecule has 0 saturated carbocycles. The monoisotopic (exact) mass is 503 g/mol. The maximum absolute atomic E-state index is 5.50. The fraction of sp³-hybridized carbons (Fsp3) is 0.450. The second kappa shape index (κ2) is 13.3. The molecule has 28 heavy (non-hydrogen) atoms. The third kappa shape index (κ3) is 7.59. The molecule has 0 radical (unpaired) electrons. The highest BCUT2D eigenvalue weighted by molar-refractivity contribution is 14.0. The van der Waals surface area contributed by atoms with Crippen LogP contribution in [0.3, 0.4) is 0 Å². The lowest BCUT2D eigenvalue weighted by Gasteiger charge is -2.23. The molecule has 0 atom stereocenters. The van der Waals surface area contributed by atoms with E-state index < -0.39 is 0 Å². The van der Waals surface area contributed by atoms with Crippen LogP contribution in [0.25, 0.3) is 0 Å². The Kier molecular flexibility index (Phi) is 11.4. The minimum atomic E-state index is 0. The molecular formula is C20H30IN3O4. The van der Waals surface area contributed by atoms with Crippen molar-refractivity contribution in [2.24, 2.45) is 4.99 Å². The van der Waals surface area contributed by atoms with E-state index in [0.29, 0.717) is 19.7 Å². The van der Waals surface area contributed by atoms with Crippen molar-refractivity contribution < 1.29 is 18.6 Å². The molecule has 8 heteroatoms. The van der Waals surface area contributed by atoms with Crippen LogP contribution >= 0.6 is 24.0 Å². The Labute approximate surface area is 184 Å². The van der Waals surface area contributed by atoms with E-state index in [1.807, 2.05) is 37.4 Å². The van der Waals surface area contributed by atoms with Gasteiger partial charge in [0.25, 0.3) is 0 Å². The van der Waals surface area contributed by atoms with Crippen molar-refractivity contribution in [2.75, 3.05) is 48.1 Å². The predicted molar refractivity (Wildman–Crippen MR) is 121 cm³/mol. The van der Waals surface area contributed by atoms with Gasteiger partial charge in [-0.2, -0.15) is 0 Å². The zero-order chi connectivity index (χ0) is 19.5. The number of ether oxygens (including phenoxy) is 3. The zero-order valence-electron chi connectivity index (χ0n) is 16.9. The number of aliphatic imine (C=N–C) groups is 1. The summed E-state index contributed by atoms with van der Waals surface area (Å²) in [6.07, 6.45) is 2.47. The minimum Gasteiger partial charge on any atom is -0.497 e. The van der Waals surface area contributed by atoms with Crippen LogP contribution in [-0.2, 0) is 17.7 Å². The van der Waals surface area contributed by atoms with Crippen LogP contribution in [-0.4, -0.2) is 58.9 Å². The standard InChI is InChI=1S/C20H29N3O4.HI/c1-23(15-16-7-8-18(25-3)14-19(16)26-4)20(22-11-13-24-2)21-10-9-17-6-5-12-27-17;/h5-8,12,14H,9-11,13,15H2,1-4H3,(H,21,22);1H. The van der Waals surface area contributed by atoms with Gasteiger partial charge in [-0.15, -0.1) is 24.0 Å². The van der Waals surface area contributed by atoms with E-state index in [0.717, 1.165) is 41.7 Å². The molecule has 1 aromatic heterocycles. The molecule has 7 nitrogen and oxygen atoms in total. The van der Waals surface area contributed by atoms with E-state index in [-0.39, 0.29) is 24.0 Å². The van der Waals surface area contributed by atoms with Gasteiger partial charge in [0.1, 0.15) is 17.3 Å². The van der Waals surface area contributed by atoms with Crippen molar-refractivity contribution in [3.63, 3.8) is 0 Å². The summed E-state index contributed by atoms with van der Waals surface area (Å²) in [6.45, 7) is 2.53. The lowest BCUT2D eigenvalue weighted by atomic mass is 10.2. The van der Waals surface area contributed by atoms with Crippen LogP contribution in [0, 0.1) is 0 Å². The van der Waals surface area contributed by atoms with E-state index in [2.05, 4.69) is 15.2 Å². The zero-order valence-corrected chi connectivity index (χ0v) is 19.3. The Morgan fingerprint density at radius 2 is 2.00 bits per heavy atom. The molecule has 2 rings (SSSR count). The lowest BCUT2D eigenvalue weighted by molar-refractivity contribution is 0.207. The third-order valence-corrected chi connectivity index (χ3v) is 4.05. The fourth-order valence-corrected chi connectivity index (χ4v) is 2.62. The summed E-state index contributed by atoms with van der Waals surface area (Å²) in [5.41, 5.74) is 1.05. The van der Waals surface area contributed by atoms with Crippen molar-refractivity contribution in [1.82, 2.24) is 10.2 Å². The molecule has 0 unspecified atom stereocenters. The van der Waals surface area contributed by atoms with E-state index in [4.69, 9.17) is 18.6 Å². The molecule has 1 heterocycles. The van der Waals surface area contributed by atoms with Crippen LogP contribution in [0.4, 0.5) is 0 Å². The maximum Gasteiger partial charge on any atom is 0.194 e. The Morgan fingerprint density at radius 1 is 1.18 bits per heavy atom. The number of hydrogen-bond acceptors (Lipinski definition) is 5. The van der Waals surface area contributed by atoms with E-state index >= 15 is 0 Å². The second-order valence-corrected chi connectivity index (χ2v) is 5.99. The SMILES string of the molecule is COCCN=C(NCCc1ccco1)N(C)Cc1ccc(OC)cc1OC.I. The first-order valence-electron chi connectivity index (χ1n) is 8.89. The third-order valence-electron chi connectivity index (χ3n) is 4.05. The number of nitrogens with one attached hydrogen (secondary N) is 1. The van der Waals surface area contributed by atoms with E-state index in [1.165, 1.54) is 0 Å². The highest BCUT2D eigenvalue weighted by atomic mass is 127. The van der Waals surface area contributed by atoms with Gasteiger partial charge in [-0.05, 0) is 24.3 Å². The van der Waals surface area contributed by atoms with Crippen molar-refractivity contribution in [3.05, 3.63) is 47.9 Å². The van der Waals surface area contributed by atoms with E-state index in [9.17, 15) is 0 Å². The predicted octanol–water partition coefficient (Wildman–Crippen LogP) is 3.18. The number of benzene rings is 1. The molecule has 0 aliphatic rings. The first kappa shape index (κ1) is 24.1. The molecule has 0 fully saturated rings. The molecular weight excluding hydrogens is 473 g/mol. The lowest BCUT2D eigenvalue weighted by Crippen LogP contribution is -2.39. The number of hydrogen-bond donors (Lipinski definition) is 1. The number of halogens is 1. The highest BCUT2D eigenvalue weighted by Crippen LogP contribution is 2.25.